The molecule has 2 aliphatic rings. The van der Waals surface area contributed by atoms with E-state index in [0.717, 1.165) is 17.7 Å². The molecule has 3 aromatic rings. The van der Waals surface area contributed by atoms with E-state index >= 15 is 0 Å². The van der Waals surface area contributed by atoms with Crippen LogP contribution in [-0.2, 0) is 29.9 Å². The van der Waals surface area contributed by atoms with Crippen molar-refractivity contribution in [3.05, 3.63) is 33.7 Å². The van der Waals surface area contributed by atoms with Crippen molar-refractivity contribution in [2.45, 2.75) is 44.1 Å². The number of hydrogen-bond acceptors (Lipinski definition) is 7. The Balaban J connectivity index is 1.68. The minimum Gasteiger partial charge on any atom is -0.489 e. The van der Waals surface area contributed by atoms with Crippen LogP contribution in [-0.4, -0.2) is 76.7 Å². The highest BCUT2D eigenvalue weighted by Crippen LogP contribution is 2.40. The molecule has 2 aromatic heterocycles. The summed E-state index contributed by atoms with van der Waals surface area (Å²) >= 11 is 0. The summed E-state index contributed by atoms with van der Waals surface area (Å²) in [6.45, 7) is 6.24. The molecule has 10 nitrogen and oxygen atoms in total. The van der Waals surface area contributed by atoms with Crippen LogP contribution >= 0.6 is 0 Å². The van der Waals surface area contributed by atoms with E-state index in [4.69, 9.17) is 9.72 Å². The molecule has 182 valence electrons. The lowest BCUT2D eigenvalue weighted by atomic mass is 10.1. The van der Waals surface area contributed by atoms with Gasteiger partial charge in [0, 0.05) is 39.6 Å². The van der Waals surface area contributed by atoms with E-state index in [0.29, 0.717) is 67.2 Å². The number of rotatable bonds is 5. The zero-order chi connectivity index (χ0) is 24.2. The van der Waals surface area contributed by atoms with Gasteiger partial charge >= 0.3 is 0 Å². The Morgan fingerprint density at radius 3 is 2.62 bits per heavy atom. The second-order valence-corrected chi connectivity index (χ2v) is 11.2. The number of piperazine rings is 1. The predicted molar refractivity (Wildman–Crippen MR) is 129 cm³/mol. The van der Waals surface area contributed by atoms with Crippen LogP contribution in [0.1, 0.15) is 31.5 Å². The van der Waals surface area contributed by atoms with E-state index in [1.807, 2.05) is 20.9 Å². The number of aryl methyl sites for hydroxylation is 2. The van der Waals surface area contributed by atoms with Gasteiger partial charge in [0.1, 0.15) is 23.2 Å². The van der Waals surface area contributed by atoms with Crippen LogP contribution in [0, 0.1) is 0 Å². The van der Waals surface area contributed by atoms with Gasteiger partial charge < -0.3 is 14.6 Å². The molecule has 0 spiro atoms. The van der Waals surface area contributed by atoms with Crippen molar-refractivity contribution < 1.29 is 13.2 Å². The van der Waals surface area contributed by atoms with Crippen LogP contribution in [0.25, 0.3) is 22.4 Å². The second kappa shape index (κ2) is 8.47. The fraction of sp³-hybridized carbons (Fsp3) is 0.522. The number of nitrogens with zero attached hydrogens (tertiary/aromatic N) is 5. The van der Waals surface area contributed by atoms with Crippen molar-refractivity contribution in [2.24, 2.45) is 7.05 Å². The SMILES string of the molecule is CCCc1nn(C)c2c(=O)[nH]c(-c3cc(S(=O)(=O)N4CCN(C)CC4)cc4c3O[C@@H](C)C4)nc12. The fourth-order valence-corrected chi connectivity index (χ4v) is 6.29. The third-order valence-corrected chi connectivity index (χ3v) is 8.45. The first kappa shape index (κ1) is 23.0. The van der Waals surface area contributed by atoms with Crippen molar-refractivity contribution in [1.82, 2.24) is 29.0 Å². The number of likely N-dealkylation sites (N-methyl/N-ethyl adjacent to an activating group) is 1. The maximum Gasteiger partial charge on any atom is 0.277 e. The number of aromatic amines is 1. The van der Waals surface area contributed by atoms with Gasteiger partial charge in [-0.15, -0.1) is 0 Å². The number of aromatic nitrogens is 4. The van der Waals surface area contributed by atoms with Gasteiger partial charge in [0.25, 0.3) is 5.56 Å². The molecule has 4 heterocycles. The zero-order valence-electron chi connectivity index (χ0n) is 20.0. The summed E-state index contributed by atoms with van der Waals surface area (Å²) in [6, 6.07) is 3.30. The summed E-state index contributed by atoms with van der Waals surface area (Å²) in [5.41, 5.74) is 2.67. The molecule has 0 radical (unpaired) electrons. The number of sulfonamides is 1. The molecule has 5 rings (SSSR count). The van der Waals surface area contributed by atoms with Crippen LogP contribution in [0.5, 0.6) is 5.75 Å². The molecule has 1 saturated heterocycles. The van der Waals surface area contributed by atoms with Crippen molar-refractivity contribution >= 4 is 21.1 Å². The minimum atomic E-state index is -3.71. The number of fused-ring (bicyclic) bond motifs is 2. The molecule has 0 bridgehead atoms. The molecule has 0 unspecified atom stereocenters. The van der Waals surface area contributed by atoms with E-state index < -0.39 is 10.0 Å². The van der Waals surface area contributed by atoms with Gasteiger partial charge in [-0.3, -0.25) is 9.48 Å². The highest BCUT2D eigenvalue weighted by molar-refractivity contribution is 7.89. The molecular weight excluding hydrogens is 456 g/mol. The minimum absolute atomic E-state index is 0.0974. The molecule has 11 heteroatoms. The topological polar surface area (TPSA) is 113 Å². The van der Waals surface area contributed by atoms with Gasteiger partial charge in [-0.1, -0.05) is 13.3 Å². The number of benzene rings is 1. The van der Waals surface area contributed by atoms with E-state index in [1.165, 1.54) is 4.31 Å². The summed E-state index contributed by atoms with van der Waals surface area (Å²) in [7, 11) is 0.00627. The number of nitrogens with one attached hydrogen (secondary N) is 1. The molecule has 0 saturated carbocycles. The second-order valence-electron chi connectivity index (χ2n) is 9.23. The summed E-state index contributed by atoms with van der Waals surface area (Å²) in [4.78, 5) is 22.9. The summed E-state index contributed by atoms with van der Waals surface area (Å²) < 4.78 is 36.2. The van der Waals surface area contributed by atoms with Gasteiger partial charge in [-0.2, -0.15) is 9.40 Å². The average Bonchev–Trinajstić information content (AvgIpc) is 3.32. The lowest BCUT2D eigenvalue weighted by molar-refractivity contribution is 0.222. The number of H-pyrrole nitrogens is 1. The Bertz CT molecular complexity index is 1420. The van der Waals surface area contributed by atoms with Gasteiger partial charge in [0.05, 0.1) is 16.2 Å². The quantitative estimate of drug-likeness (QED) is 0.582. The molecule has 1 N–H and O–H groups in total. The predicted octanol–water partition coefficient (Wildman–Crippen LogP) is 1.54. The van der Waals surface area contributed by atoms with Crippen LogP contribution in [0.3, 0.4) is 0 Å². The van der Waals surface area contributed by atoms with Gasteiger partial charge in [-0.25, -0.2) is 13.4 Å². The highest BCUT2D eigenvalue weighted by atomic mass is 32.2. The van der Waals surface area contributed by atoms with Crippen LogP contribution in [0.4, 0.5) is 0 Å². The highest BCUT2D eigenvalue weighted by Gasteiger charge is 2.32. The third kappa shape index (κ3) is 3.81. The smallest absolute Gasteiger partial charge is 0.277 e. The molecule has 34 heavy (non-hydrogen) atoms. The number of ether oxygens (including phenoxy) is 1. The maximum atomic E-state index is 13.5. The first-order chi connectivity index (χ1) is 16.2. The van der Waals surface area contributed by atoms with E-state index in [9.17, 15) is 13.2 Å². The first-order valence-corrected chi connectivity index (χ1v) is 13.1. The molecular formula is C23H30N6O4S. The first-order valence-electron chi connectivity index (χ1n) is 11.7. The summed E-state index contributed by atoms with van der Waals surface area (Å²) in [5, 5.41) is 4.48. The molecule has 2 aliphatic heterocycles. The Kier molecular flexibility index (Phi) is 5.73. The molecule has 1 aromatic carbocycles. The Morgan fingerprint density at radius 2 is 1.91 bits per heavy atom. The Morgan fingerprint density at radius 1 is 1.18 bits per heavy atom. The fourth-order valence-electron chi connectivity index (χ4n) is 4.79. The summed E-state index contributed by atoms with van der Waals surface area (Å²) in [6.07, 6.45) is 2.05. The van der Waals surface area contributed by atoms with Crippen molar-refractivity contribution in [3.8, 4) is 17.1 Å². The van der Waals surface area contributed by atoms with Crippen LogP contribution < -0.4 is 10.3 Å². The van der Waals surface area contributed by atoms with E-state index in [-0.39, 0.29) is 16.6 Å². The molecule has 1 atom stereocenters. The van der Waals surface area contributed by atoms with Crippen LogP contribution in [0.15, 0.2) is 21.8 Å². The van der Waals surface area contributed by atoms with Crippen molar-refractivity contribution in [1.29, 1.82) is 0 Å². The third-order valence-electron chi connectivity index (χ3n) is 6.57. The average molecular weight is 487 g/mol. The number of hydrogen-bond donors (Lipinski definition) is 1. The largest absolute Gasteiger partial charge is 0.489 e. The van der Waals surface area contributed by atoms with Crippen molar-refractivity contribution in [3.63, 3.8) is 0 Å². The molecule has 0 amide bonds. The lowest BCUT2D eigenvalue weighted by Crippen LogP contribution is -2.47. The zero-order valence-corrected chi connectivity index (χ0v) is 20.8. The van der Waals surface area contributed by atoms with E-state index in [2.05, 4.69) is 15.0 Å². The Hall–Kier alpha value is -2.76. The Labute approximate surface area is 198 Å². The molecule has 1 fully saturated rings. The van der Waals surface area contributed by atoms with Crippen LogP contribution in [0.2, 0.25) is 0 Å². The standard InChI is InChI=1S/C23H30N6O4S/c1-5-6-18-19-20(28(4)26-18)23(30)25-22(24-19)17-13-16(12-15-11-14(2)33-21(15)17)34(31,32)29-9-7-27(3)8-10-29/h12-14H,5-11H2,1-4H3,(H,24,25,30)/t14-/m0/s1. The van der Waals surface area contributed by atoms with E-state index in [1.54, 1.807) is 23.9 Å². The monoisotopic (exact) mass is 486 g/mol. The maximum absolute atomic E-state index is 13.5. The normalized spacial score (nSPS) is 19.5. The van der Waals surface area contributed by atoms with Gasteiger partial charge in [-0.05, 0) is 38.1 Å². The lowest BCUT2D eigenvalue weighted by Gasteiger charge is -2.31. The van der Waals surface area contributed by atoms with Gasteiger partial charge in [0.15, 0.2) is 5.52 Å². The molecule has 0 aliphatic carbocycles. The van der Waals surface area contributed by atoms with Crippen molar-refractivity contribution in [2.75, 3.05) is 33.2 Å². The van der Waals surface area contributed by atoms with Gasteiger partial charge in [0.2, 0.25) is 10.0 Å². The summed E-state index contributed by atoms with van der Waals surface area (Å²) in [5.74, 6) is 0.872.